The van der Waals surface area contributed by atoms with Gasteiger partial charge in [0.2, 0.25) is 15.9 Å². The number of nitrogens with zero attached hydrogens (tertiary/aromatic N) is 4. The van der Waals surface area contributed by atoms with Crippen molar-refractivity contribution < 1.29 is 17.6 Å². The fraction of sp³-hybridized carbons (Fsp3) is 0.269. The van der Waals surface area contributed by atoms with Gasteiger partial charge in [0.25, 0.3) is 0 Å². The van der Waals surface area contributed by atoms with Crippen LogP contribution in [0, 0.1) is 13.8 Å². The number of carbonyl (C=O) groups is 1. The van der Waals surface area contributed by atoms with Gasteiger partial charge >= 0.3 is 0 Å². The molecule has 0 fully saturated rings. The predicted molar refractivity (Wildman–Crippen MR) is 144 cm³/mol. The SMILES string of the molecule is CCN(CC)S(=O)(=O)c1ccc(C)c(NC(=O)CSc2nnc(-c3ccoc3C)n2-c2ccccc2)c1. The molecule has 0 unspecified atom stereocenters. The first-order valence-electron chi connectivity index (χ1n) is 11.8. The number of carbonyl (C=O) groups excluding carboxylic acids is 1. The number of rotatable bonds is 10. The van der Waals surface area contributed by atoms with Crippen LogP contribution in [0.15, 0.2) is 75.3 Å². The largest absolute Gasteiger partial charge is 0.469 e. The van der Waals surface area contributed by atoms with E-state index in [0.717, 1.165) is 16.8 Å². The highest BCUT2D eigenvalue weighted by Crippen LogP contribution is 2.30. The number of para-hydroxylation sites is 1. The van der Waals surface area contributed by atoms with Gasteiger partial charge in [-0.25, -0.2) is 8.42 Å². The Morgan fingerprint density at radius 1 is 1.05 bits per heavy atom. The molecule has 4 rings (SSSR count). The third-order valence-electron chi connectivity index (χ3n) is 5.91. The predicted octanol–water partition coefficient (Wildman–Crippen LogP) is 4.91. The number of anilines is 1. The van der Waals surface area contributed by atoms with E-state index in [1.165, 1.54) is 22.1 Å². The summed E-state index contributed by atoms with van der Waals surface area (Å²) < 4.78 is 34.6. The minimum absolute atomic E-state index is 0.0573. The summed E-state index contributed by atoms with van der Waals surface area (Å²) in [7, 11) is -3.64. The number of thioether (sulfide) groups is 1. The molecule has 2 aromatic carbocycles. The molecule has 2 heterocycles. The Labute approximate surface area is 220 Å². The van der Waals surface area contributed by atoms with E-state index in [2.05, 4.69) is 15.5 Å². The van der Waals surface area contributed by atoms with Crippen molar-refractivity contribution in [1.29, 1.82) is 0 Å². The van der Waals surface area contributed by atoms with E-state index in [-0.39, 0.29) is 16.6 Å². The minimum Gasteiger partial charge on any atom is -0.469 e. The molecule has 37 heavy (non-hydrogen) atoms. The summed E-state index contributed by atoms with van der Waals surface area (Å²) in [6, 6.07) is 16.3. The second-order valence-electron chi connectivity index (χ2n) is 8.27. The second kappa shape index (κ2) is 11.3. The first-order chi connectivity index (χ1) is 17.8. The Morgan fingerprint density at radius 2 is 1.78 bits per heavy atom. The van der Waals surface area contributed by atoms with Gasteiger partial charge in [0.05, 0.1) is 22.5 Å². The van der Waals surface area contributed by atoms with E-state index in [0.29, 0.717) is 35.5 Å². The quantitative estimate of drug-likeness (QED) is 0.285. The number of sulfonamides is 1. The van der Waals surface area contributed by atoms with Gasteiger partial charge in [0, 0.05) is 24.5 Å². The maximum Gasteiger partial charge on any atom is 0.243 e. The minimum atomic E-state index is -3.64. The second-order valence-corrected chi connectivity index (χ2v) is 11.2. The van der Waals surface area contributed by atoms with Gasteiger partial charge < -0.3 is 9.73 Å². The van der Waals surface area contributed by atoms with Gasteiger partial charge in [-0.05, 0) is 49.7 Å². The summed E-state index contributed by atoms with van der Waals surface area (Å²) in [5.74, 6) is 1.11. The fourth-order valence-electron chi connectivity index (χ4n) is 3.89. The zero-order valence-corrected chi connectivity index (χ0v) is 22.8. The Morgan fingerprint density at radius 3 is 2.43 bits per heavy atom. The topological polar surface area (TPSA) is 110 Å². The number of nitrogens with one attached hydrogen (secondary N) is 1. The summed E-state index contributed by atoms with van der Waals surface area (Å²) in [6.45, 7) is 8.00. The van der Waals surface area contributed by atoms with Crippen LogP contribution in [0.3, 0.4) is 0 Å². The number of aryl methyl sites for hydroxylation is 2. The van der Waals surface area contributed by atoms with Crippen molar-refractivity contribution in [3.05, 3.63) is 72.2 Å². The van der Waals surface area contributed by atoms with Crippen molar-refractivity contribution in [3.8, 4) is 17.1 Å². The first kappa shape index (κ1) is 26.6. The molecule has 0 aliphatic rings. The standard InChI is InChI=1S/C26H29N5O4S2/c1-5-30(6-2)37(33,34)21-13-12-18(3)23(16-21)27-24(32)17-36-26-29-28-25(22-14-15-35-19(22)4)31(26)20-10-8-7-9-11-20/h7-16H,5-6,17H2,1-4H3,(H,27,32). The summed E-state index contributed by atoms with van der Waals surface area (Å²) in [6.07, 6.45) is 1.60. The van der Waals surface area contributed by atoms with Gasteiger partial charge in [0.15, 0.2) is 11.0 Å². The van der Waals surface area contributed by atoms with Crippen LogP contribution in [0.5, 0.6) is 0 Å². The van der Waals surface area contributed by atoms with Crippen LogP contribution in [-0.2, 0) is 14.8 Å². The lowest BCUT2D eigenvalue weighted by molar-refractivity contribution is -0.113. The third-order valence-corrected chi connectivity index (χ3v) is 8.88. The normalized spacial score (nSPS) is 11.7. The molecule has 4 aromatic rings. The number of hydrogen-bond acceptors (Lipinski definition) is 7. The molecule has 2 aromatic heterocycles. The van der Waals surface area contributed by atoms with Crippen molar-refractivity contribution in [3.63, 3.8) is 0 Å². The van der Waals surface area contributed by atoms with E-state index in [9.17, 15) is 13.2 Å². The van der Waals surface area contributed by atoms with Crippen LogP contribution in [0.1, 0.15) is 25.2 Å². The van der Waals surface area contributed by atoms with Crippen LogP contribution < -0.4 is 5.32 Å². The molecule has 0 saturated carbocycles. The monoisotopic (exact) mass is 539 g/mol. The van der Waals surface area contributed by atoms with Crippen molar-refractivity contribution in [2.45, 2.75) is 37.7 Å². The van der Waals surface area contributed by atoms with Gasteiger partial charge in [-0.1, -0.05) is 49.9 Å². The Balaban J connectivity index is 1.56. The maximum atomic E-state index is 12.9. The summed E-state index contributed by atoms with van der Waals surface area (Å²) >= 11 is 1.24. The lowest BCUT2D eigenvalue weighted by atomic mass is 10.2. The van der Waals surface area contributed by atoms with Crippen molar-refractivity contribution in [2.24, 2.45) is 0 Å². The van der Waals surface area contributed by atoms with Crippen LogP contribution in [-0.4, -0.2) is 52.2 Å². The molecule has 0 aliphatic heterocycles. The third kappa shape index (κ3) is 5.63. The van der Waals surface area contributed by atoms with Crippen LogP contribution in [0.2, 0.25) is 0 Å². The summed E-state index contributed by atoms with van der Waals surface area (Å²) in [4.78, 5) is 13.1. The zero-order chi connectivity index (χ0) is 26.6. The molecule has 194 valence electrons. The van der Waals surface area contributed by atoms with Crippen molar-refractivity contribution >= 4 is 33.4 Å². The zero-order valence-electron chi connectivity index (χ0n) is 21.1. The molecular weight excluding hydrogens is 510 g/mol. The number of hydrogen-bond donors (Lipinski definition) is 1. The van der Waals surface area contributed by atoms with Crippen molar-refractivity contribution in [1.82, 2.24) is 19.1 Å². The molecule has 1 amide bonds. The number of aromatic nitrogens is 3. The summed E-state index contributed by atoms with van der Waals surface area (Å²) in [5, 5.41) is 12.1. The van der Waals surface area contributed by atoms with Gasteiger partial charge in [-0.15, -0.1) is 10.2 Å². The molecule has 1 N–H and O–H groups in total. The first-order valence-corrected chi connectivity index (χ1v) is 14.3. The Kier molecular flexibility index (Phi) is 8.16. The Bertz CT molecular complexity index is 1490. The molecule has 0 aliphatic carbocycles. The summed E-state index contributed by atoms with van der Waals surface area (Å²) in [5.41, 5.74) is 2.89. The van der Waals surface area contributed by atoms with Gasteiger partial charge in [0.1, 0.15) is 5.76 Å². The average molecular weight is 540 g/mol. The highest BCUT2D eigenvalue weighted by atomic mass is 32.2. The van der Waals surface area contributed by atoms with Gasteiger partial charge in [-0.3, -0.25) is 9.36 Å². The molecule has 11 heteroatoms. The van der Waals surface area contributed by atoms with Crippen molar-refractivity contribution in [2.75, 3.05) is 24.2 Å². The maximum absolute atomic E-state index is 12.9. The van der Waals surface area contributed by atoms with E-state index >= 15 is 0 Å². The lowest BCUT2D eigenvalue weighted by Crippen LogP contribution is -2.30. The molecule has 0 atom stereocenters. The van der Waals surface area contributed by atoms with E-state index in [1.54, 1.807) is 32.2 Å². The Hall–Kier alpha value is -3.41. The number of benzene rings is 2. The number of amides is 1. The van der Waals surface area contributed by atoms with Gasteiger partial charge in [-0.2, -0.15) is 4.31 Å². The highest BCUT2D eigenvalue weighted by Gasteiger charge is 2.23. The van der Waals surface area contributed by atoms with E-state index in [1.807, 2.05) is 54.8 Å². The lowest BCUT2D eigenvalue weighted by Gasteiger charge is -2.19. The molecule has 0 radical (unpaired) electrons. The fourth-order valence-corrected chi connectivity index (χ4v) is 6.13. The average Bonchev–Trinajstić information content (AvgIpc) is 3.50. The van der Waals surface area contributed by atoms with Crippen LogP contribution in [0.4, 0.5) is 5.69 Å². The van der Waals surface area contributed by atoms with E-state index in [4.69, 9.17) is 4.42 Å². The molecule has 9 nitrogen and oxygen atoms in total. The number of furan rings is 1. The molecule has 0 saturated heterocycles. The highest BCUT2D eigenvalue weighted by molar-refractivity contribution is 7.99. The van der Waals surface area contributed by atoms with Crippen LogP contribution >= 0.6 is 11.8 Å². The van der Waals surface area contributed by atoms with E-state index < -0.39 is 10.0 Å². The van der Waals surface area contributed by atoms with Crippen LogP contribution in [0.25, 0.3) is 17.1 Å². The molecular formula is C26H29N5O4S2. The molecule has 0 spiro atoms. The smallest absolute Gasteiger partial charge is 0.243 e. The molecule has 0 bridgehead atoms.